The molecule has 0 aromatic heterocycles. The van der Waals surface area contributed by atoms with Crippen LogP contribution in [0.5, 0.6) is 0 Å². The Balaban J connectivity index is 2.15. The Hall–Kier alpha value is -1.12. The van der Waals surface area contributed by atoms with Crippen molar-refractivity contribution in [3.63, 3.8) is 0 Å². The van der Waals surface area contributed by atoms with Gasteiger partial charge in [0.25, 0.3) is 0 Å². The van der Waals surface area contributed by atoms with Gasteiger partial charge in [0, 0.05) is 6.54 Å². The minimum atomic E-state index is 0.695. The molecule has 0 aliphatic carbocycles. The first-order valence-electron chi connectivity index (χ1n) is 8.35. The topological polar surface area (TPSA) is 12.5 Å². The molecule has 0 saturated heterocycles. The average Bonchev–Trinajstić information content (AvgIpc) is 2.53. The first-order chi connectivity index (χ1) is 10.4. The number of rotatable bonds is 12. The highest BCUT2D eigenvalue weighted by molar-refractivity contribution is 5.13. The van der Waals surface area contributed by atoms with Crippen molar-refractivity contribution in [3.8, 4) is 0 Å². The third-order valence-electron chi connectivity index (χ3n) is 3.51. The van der Waals surface area contributed by atoms with Gasteiger partial charge in [0.2, 0.25) is 0 Å². The lowest BCUT2D eigenvalue weighted by Gasteiger charge is -2.19. The van der Waals surface area contributed by atoms with E-state index in [-0.39, 0.29) is 0 Å². The molecule has 1 aromatic carbocycles. The van der Waals surface area contributed by atoms with Crippen molar-refractivity contribution < 1.29 is 4.74 Å². The second-order valence-electron chi connectivity index (χ2n) is 5.48. The van der Waals surface area contributed by atoms with E-state index in [2.05, 4.69) is 43.0 Å². The Morgan fingerprint density at radius 2 is 1.62 bits per heavy atom. The Kier molecular flexibility index (Phi) is 10.8. The van der Waals surface area contributed by atoms with Crippen LogP contribution in [0.15, 0.2) is 42.5 Å². The summed E-state index contributed by atoms with van der Waals surface area (Å²) in [5, 5.41) is 0. The predicted molar refractivity (Wildman–Crippen MR) is 91.5 cm³/mol. The van der Waals surface area contributed by atoms with Gasteiger partial charge in [-0.25, -0.2) is 0 Å². The maximum atomic E-state index is 5.66. The van der Waals surface area contributed by atoms with Crippen molar-refractivity contribution in [2.45, 2.75) is 46.1 Å². The molecule has 1 aromatic rings. The van der Waals surface area contributed by atoms with E-state index in [1.807, 2.05) is 18.2 Å². The molecule has 0 atom stereocenters. The molecule has 2 nitrogen and oxygen atoms in total. The summed E-state index contributed by atoms with van der Waals surface area (Å²) in [6.45, 7) is 9.38. The lowest BCUT2D eigenvalue weighted by Crippen LogP contribution is -2.26. The molecule has 1 rings (SSSR count). The zero-order valence-corrected chi connectivity index (χ0v) is 13.8. The Labute approximate surface area is 130 Å². The van der Waals surface area contributed by atoms with Gasteiger partial charge in [-0.2, -0.15) is 0 Å². The molecular weight excluding hydrogens is 258 g/mol. The quantitative estimate of drug-likeness (QED) is 0.410. The monoisotopic (exact) mass is 289 g/mol. The number of unbranched alkanes of at least 4 members (excludes halogenated alkanes) is 2. The fourth-order valence-electron chi connectivity index (χ4n) is 2.17. The van der Waals surface area contributed by atoms with Crippen LogP contribution in [0.4, 0.5) is 0 Å². The largest absolute Gasteiger partial charge is 0.373 e. The lowest BCUT2D eigenvalue weighted by molar-refractivity contribution is 0.148. The summed E-state index contributed by atoms with van der Waals surface area (Å²) in [5.74, 6) is 0. The van der Waals surface area contributed by atoms with Crippen molar-refractivity contribution >= 4 is 0 Å². The lowest BCUT2D eigenvalue weighted by atomic mass is 10.2. The maximum Gasteiger partial charge on any atom is 0.0721 e. The summed E-state index contributed by atoms with van der Waals surface area (Å²) < 4.78 is 5.66. The van der Waals surface area contributed by atoms with E-state index < -0.39 is 0 Å². The molecule has 0 saturated carbocycles. The van der Waals surface area contributed by atoms with Crippen molar-refractivity contribution in [2.75, 3.05) is 26.2 Å². The number of hydrogen-bond donors (Lipinski definition) is 0. The molecule has 0 bridgehead atoms. The van der Waals surface area contributed by atoms with E-state index in [4.69, 9.17) is 4.74 Å². The van der Waals surface area contributed by atoms with Gasteiger partial charge in [0.05, 0.1) is 13.2 Å². The van der Waals surface area contributed by atoms with Crippen LogP contribution in [0.25, 0.3) is 0 Å². The Bertz CT molecular complexity index is 353. The second-order valence-corrected chi connectivity index (χ2v) is 5.48. The summed E-state index contributed by atoms with van der Waals surface area (Å²) in [6.07, 6.45) is 9.52. The van der Waals surface area contributed by atoms with Crippen LogP contribution in [-0.4, -0.2) is 31.1 Å². The molecule has 0 spiro atoms. The predicted octanol–water partition coefficient (Wildman–Crippen LogP) is 4.66. The summed E-state index contributed by atoms with van der Waals surface area (Å²) in [4.78, 5) is 2.54. The minimum absolute atomic E-state index is 0.695. The molecule has 0 N–H and O–H groups in total. The molecule has 2 heteroatoms. The molecule has 0 aliphatic rings. The Morgan fingerprint density at radius 3 is 2.24 bits per heavy atom. The van der Waals surface area contributed by atoms with Crippen LogP contribution in [0.3, 0.4) is 0 Å². The van der Waals surface area contributed by atoms with E-state index in [1.165, 1.54) is 44.3 Å². The third kappa shape index (κ3) is 9.43. The fourth-order valence-corrected chi connectivity index (χ4v) is 2.17. The van der Waals surface area contributed by atoms with Crippen LogP contribution in [-0.2, 0) is 11.3 Å². The summed E-state index contributed by atoms with van der Waals surface area (Å²) in [7, 11) is 0. The van der Waals surface area contributed by atoms with Crippen LogP contribution in [0, 0.1) is 0 Å². The van der Waals surface area contributed by atoms with Crippen molar-refractivity contribution in [1.29, 1.82) is 0 Å². The van der Waals surface area contributed by atoms with Crippen LogP contribution in [0.1, 0.15) is 45.1 Å². The van der Waals surface area contributed by atoms with Crippen LogP contribution < -0.4 is 0 Å². The molecule has 0 unspecified atom stereocenters. The maximum absolute atomic E-state index is 5.66. The standard InChI is InChI=1S/C19H31NO/c1-3-5-14-20(15-6-4-2)16-10-11-17-21-18-19-12-8-7-9-13-19/h7-13H,3-6,14-18H2,1-2H3/b11-10+. The van der Waals surface area contributed by atoms with Crippen molar-refractivity contribution in [3.05, 3.63) is 48.0 Å². The number of benzene rings is 1. The van der Waals surface area contributed by atoms with E-state index in [0.717, 1.165) is 6.54 Å². The normalized spacial score (nSPS) is 11.6. The summed E-state index contributed by atoms with van der Waals surface area (Å²) in [5.41, 5.74) is 1.23. The van der Waals surface area contributed by atoms with E-state index in [1.54, 1.807) is 0 Å². The third-order valence-corrected chi connectivity index (χ3v) is 3.51. The number of nitrogens with zero attached hydrogens (tertiary/aromatic N) is 1. The molecule has 0 fully saturated rings. The Morgan fingerprint density at radius 1 is 0.952 bits per heavy atom. The van der Waals surface area contributed by atoms with Crippen LogP contribution in [0.2, 0.25) is 0 Å². The first kappa shape index (κ1) is 17.9. The smallest absolute Gasteiger partial charge is 0.0721 e. The molecule has 0 radical (unpaired) electrons. The van der Waals surface area contributed by atoms with Crippen molar-refractivity contribution in [2.24, 2.45) is 0 Å². The molecule has 21 heavy (non-hydrogen) atoms. The van der Waals surface area contributed by atoms with Gasteiger partial charge in [-0.15, -0.1) is 0 Å². The average molecular weight is 289 g/mol. The van der Waals surface area contributed by atoms with E-state index in [0.29, 0.717) is 13.2 Å². The van der Waals surface area contributed by atoms with Crippen molar-refractivity contribution in [1.82, 2.24) is 4.90 Å². The van der Waals surface area contributed by atoms with Gasteiger partial charge in [0.15, 0.2) is 0 Å². The summed E-state index contributed by atoms with van der Waals surface area (Å²) >= 11 is 0. The minimum Gasteiger partial charge on any atom is -0.373 e. The highest BCUT2D eigenvalue weighted by Gasteiger charge is 2.00. The van der Waals surface area contributed by atoms with Crippen LogP contribution >= 0.6 is 0 Å². The van der Waals surface area contributed by atoms with Gasteiger partial charge >= 0.3 is 0 Å². The first-order valence-corrected chi connectivity index (χ1v) is 8.35. The zero-order valence-electron chi connectivity index (χ0n) is 13.8. The van der Waals surface area contributed by atoms with Gasteiger partial charge in [-0.05, 0) is 31.5 Å². The highest BCUT2D eigenvalue weighted by Crippen LogP contribution is 2.01. The van der Waals surface area contributed by atoms with Gasteiger partial charge in [-0.3, -0.25) is 4.90 Å². The van der Waals surface area contributed by atoms with Gasteiger partial charge in [0.1, 0.15) is 0 Å². The van der Waals surface area contributed by atoms with E-state index >= 15 is 0 Å². The van der Waals surface area contributed by atoms with Gasteiger partial charge in [-0.1, -0.05) is 69.2 Å². The SMILES string of the molecule is CCCCN(C/C=C/COCc1ccccc1)CCCC. The highest BCUT2D eigenvalue weighted by atomic mass is 16.5. The molecule has 0 amide bonds. The summed E-state index contributed by atoms with van der Waals surface area (Å²) in [6, 6.07) is 10.3. The van der Waals surface area contributed by atoms with E-state index in [9.17, 15) is 0 Å². The second kappa shape index (κ2) is 12.6. The van der Waals surface area contributed by atoms with Gasteiger partial charge < -0.3 is 4.74 Å². The molecular formula is C19H31NO. The number of hydrogen-bond acceptors (Lipinski definition) is 2. The zero-order chi connectivity index (χ0) is 15.2. The fraction of sp³-hybridized carbons (Fsp3) is 0.579. The molecule has 118 valence electrons. The molecule has 0 heterocycles. The molecule has 0 aliphatic heterocycles. The number of ether oxygens (including phenoxy) is 1.